The molecule has 1 fully saturated rings. The molecule has 3 aromatic rings. The number of hydrogen-bond acceptors (Lipinski definition) is 4. The maximum atomic E-state index is 12.0. The lowest BCUT2D eigenvalue weighted by Crippen LogP contribution is -2.29. The highest BCUT2D eigenvalue weighted by molar-refractivity contribution is 5.89. The van der Waals surface area contributed by atoms with Crippen LogP contribution in [-0.2, 0) is 4.79 Å². The lowest BCUT2D eigenvalue weighted by Gasteiger charge is -2.28. The summed E-state index contributed by atoms with van der Waals surface area (Å²) < 4.78 is 5.68. The molecule has 1 saturated heterocycles. The van der Waals surface area contributed by atoms with Crippen molar-refractivity contribution in [2.45, 2.75) is 19.3 Å². The Morgan fingerprint density at radius 1 is 0.966 bits per heavy atom. The van der Waals surface area contributed by atoms with Gasteiger partial charge in [-0.1, -0.05) is 48.5 Å². The largest absolute Gasteiger partial charge is 0.483 e. The van der Waals surface area contributed by atoms with Crippen LogP contribution in [0.4, 0.5) is 5.69 Å². The number of carbonyl (C=O) groups excluding carboxylic acids is 1. The molecule has 5 heteroatoms. The van der Waals surface area contributed by atoms with Crippen molar-refractivity contribution >= 4 is 28.6 Å². The minimum atomic E-state index is -0.292. The Morgan fingerprint density at radius 3 is 2.55 bits per heavy atom. The summed E-state index contributed by atoms with van der Waals surface area (Å²) in [5.74, 6) is 0.398. The molecule has 1 heterocycles. The van der Waals surface area contributed by atoms with Crippen LogP contribution in [0.5, 0.6) is 5.75 Å². The van der Waals surface area contributed by atoms with Gasteiger partial charge in [0.25, 0.3) is 5.91 Å². The Balaban J connectivity index is 1.28. The van der Waals surface area contributed by atoms with Gasteiger partial charge in [-0.15, -0.1) is 0 Å². The molecule has 5 nitrogen and oxygen atoms in total. The molecule has 0 spiro atoms. The summed E-state index contributed by atoms with van der Waals surface area (Å²) >= 11 is 0. The van der Waals surface area contributed by atoms with E-state index >= 15 is 0 Å². The Kier molecular flexibility index (Phi) is 6.05. The summed E-state index contributed by atoms with van der Waals surface area (Å²) in [6, 6.07) is 22.0. The smallest absolute Gasteiger partial charge is 0.277 e. The molecule has 0 bridgehead atoms. The number of piperidine rings is 1. The van der Waals surface area contributed by atoms with Gasteiger partial charge in [0.05, 0.1) is 6.21 Å². The zero-order valence-electron chi connectivity index (χ0n) is 16.4. The molecule has 148 valence electrons. The normalized spacial score (nSPS) is 14.3. The molecule has 1 amide bonds. The number of amides is 1. The number of hydrogen-bond donors (Lipinski definition) is 1. The van der Waals surface area contributed by atoms with Gasteiger partial charge < -0.3 is 9.64 Å². The number of ether oxygens (including phenoxy) is 1. The second-order valence-corrected chi connectivity index (χ2v) is 7.20. The molecule has 4 rings (SSSR count). The van der Waals surface area contributed by atoms with E-state index in [2.05, 4.69) is 27.6 Å². The van der Waals surface area contributed by atoms with Crippen LogP contribution in [0.1, 0.15) is 24.8 Å². The molecule has 1 aliphatic heterocycles. The van der Waals surface area contributed by atoms with Crippen LogP contribution in [-0.4, -0.2) is 31.8 Å². The summed E-state index contributed by atoms with van der Waals surface area (Å²) in [6.45, 7) is 2.17. The monoisotopic (exact) mass is 387 g/mol. The van der Waals surface area contributed by atoms with Crippen molar-refractivity contribution in [2.75, 3.05) is 24.6 Å². The summed E-state index contributed by atoms with van der Waals surface area (Å²) in [5, 5.41) is 6.11. The number of rotatable bonds is 6. The number of nitrogens with zero attached hydrogens (tertiary/aromatic N) is 2. The van der Waals surface area contributed by atoms with Gasteiger partial charge >= 0.3 is 0 Å². The van der Waals surface area contributed by atoms with Gasteiger partial charge in [0, 0.05) is 24.2 Å². The van der Waals surface area contributed by atoms with Crippen molar-refractivity contribution in [1.29, 1.82) is 0 Å². The van der Waals surface area contributed by atoms with E-state index in [1.807, 2.05) is 54.6 Å². The molecular formula is C24H25N3O2. The van der Waals surface area contributed by atoms with Crippen molar-refractivity contribution in [3.63, 3.8) is 0 Å². The minimum Gasteiger partial charge on any atom is -0.483 e. The minimum absolute atomic E-state index is 0.0841. The summed E-state index contributed by atoms with van der Waals surface area (Å²) in [6.07, 6.45) is 5.49. The van der Waals surface area contributed by atoms with Crippen molar-refractivity contribution in [2.24, 2.45) is 5.10 Å². The van der Waals surface area contributed by atoms with Crippen LogP contribution in [0.2, 0.25) is 0 Å². The van der Waals surface area contributed by atoms with E-state index in [-0.39, 0.29) is 12.5 Å². The highest BCUT2D eigenvalue weighted by atomic mass is 16.5. The Morgan fingerprint density at radius 2 is 1.72 bits per heavy atom. The summed E-state index contributed by atoms with van der Waals surface area (Å²) in [7, 11) is 0. The predicted octanol–water partition coefficient (Wildman–Crippen LogP) is 4.36. The molecule has 1 N–H and O–H groups in total. The fourth-order valence-corrected chi connectivity index (χ4v) is 3.60. The van der Waals surface area contributed by atoms with Gasteiger partial charge in [-0.2, -0.15) is 5.10 Å². The van der Waals surface area contributed by atoms with E-state index in [4.69, 9.17) is 4.74 Å². The molecule has 0 atom stereocenters. The quantitative estimate of drug-likeness (QED) is 0.505. The van der Waals surface area contributed by atoms with Gasteiger partial charge in [-0.25, -0.2) is 5.43 Å². The lowest BCUT2D eigenvalue weighted by molar-refractivity contribution is -0.123. The zero-order valence-corrected chi connectivity index (χ0v) is 16.4. The number of nitrogens with one attached hydrogen (secondary N) is 1. The average Bonchev–Trinajstić information content (AvgIpc) is 2.79. The van der Waals surface area contributed by atoms with Gasteiger partial charge in [0.1, 0.15) is 5.75 Å². The number of hydrazone groups is 1. The Bertz CT molecular complexity index is 987. The summed E-state index contributed by atoms with van der Waals surface area (Å²) in [5.41, 5.74) is 4.71. The van der Waals surface area contributed by atoms with Crippen molar-refractivity contribution in [1.82, 2.24) is 5.43 Å². The first-order chi connectivity index (χ1) is 14.3. The first-order valence-corrected chi connectivity index (χ1v) is 10.1. The summed E-state index contributed by atoms with van der Waals surface area (Å²) in [4.78, 5) is 14.5. The fourth-order valence-electron chi connectivity index (χ4n) is 3.60. The van der Waals surface area contributed by atoms with E-state index in [1.54, 1.807) is 6.21 Å². The SMILES string of the molecule is O=C(COc1cccc2ccccc12)N/N=C/c1ccc(N2CCCCC2)cc1. The standard InChI is InChI=1S/C24H25N3O2/c28-24(18-29-23-10-6-8-20-7-2-3-9-22(20)23)26-25-17-19-11-13-21(14-12-19)27-15-4-1-5-16-27/h2-3,6-14,17H,1,4-5,15-16,18H2,(H,26,28)/b25-17+. The fraction of sp³-hybridized carbons (Fsp3) is 0.250. The van der Waals surface area contributed by atoms with Crippen molar-refractivity contribution < 1.29 is 9.53 Å². The van der Waals surface area contributed by atoms with Crippen LogP contribution >= 0.6 is 0 Å². The van der Waals surface area contributed by atoms with Crippen molar-refractivity contribution in [3.8, 4) is 5.75 Å². The highest BCUT2D eigenvalue weighted by Crippen LogP contribution is 2.25. The molecule has 0 unspecified atom stereocenters. The second kappa shape index (κ2) is 9.24. The van der Waals surface area contributed by atoms with Gasteiger partial charge in [-0.05, 0) is 48.4 Å². The third-order valence-electron chi connectivity index (χ3n) is 5.13. The lowest BCUT2D eigenvalue weighted by atomic mass is 10.1. The molecule has 0 aromatic heterocycles. The number of carbonyl (C=O) groups is 1. The van der Waals surface area contributed by atoms with E-state index in [0.29, 0.717) is 5.75 Å². The second-order valence-electron chi connectivity index (χ2n) is 7.20. The van der Waals surface area contributed by atoms with Crippen molar-refractivity contribution in [3.05, 3.63) is 72.3 Å². The molecule has 0 saturated carbocycles. The van der Waals surface area contributed by atoms with E-state index < -0.39 is 0 Å². The van der Waals surface area contributed by atoms with Gasteiger partial charge in [-0.3, -0.25) is 4.79 Å². The molecular weight excluding hydrogens is 362 g/mol. The topological polar surface area (TPSA) is 53.9 Å². The first-order valence-electron chi connectivity index (χ1n) is 10.1. The van der Waals surface area contributed by atoms with E-state index in [0.717, 1.165) is 29.4 Å². The number of anilines is 1. The van der Waals surface area contributed by atoms with Gasteiger partial charge in [0.15, 0.2) is 6.61 Å². The van der Waals surface area contributed by atoms with Crippen LogP contribution in [0.3, 0.4) is 0 Å². The van der Waals surface area contributed by atoms with Crippen LogP contribution < -0.4 is 15.1 Å². The first kappa shape index (κ1) is 19.0. The van der Waals surface area contributed by atoms with Crippen LogP contribution in [0, 0.1) is 0 Å². The molecule has 3 aromatic carbocycles. The van der Waals surface area contributed by atoms with Crippen LogP contribution in [0.15, 0.2) is 71.8 Å². The van der Waals surface area contributed by atoms with Crippen LogP contribution in [0.25, 0.3) is 10.8 Å². The number of fused-ring (bicyclic) bond motifs is 1. The maximum absolute atomic E-state index is 12.0. The van der Waals surface area contributed by atoms with E-state index in [1.165, 1.54) is 24.9 Å². The highest BCUT2D eigenvalue weighted by Gasteiger charge is 2.10. The zero-order chi connectivity index (χ0) is 19.9. The molecule has 0 radical (unpaired) electrons. The third kappa shape index (κ3) is 4.93. The Hall–Kier alpha value is -3.34. The molecule has 29 heavy (non-hydrogen) atoms. The molecule has 1 aliphatic rings. The Labute approximate surface area is 171 Å². The molecule has 0 aliphatic carbocycles. The predicted molar refractivity (Wildman–Crippen MR) is 118 cm³/mol. The van der Waals surface area contributed by atoms with E-state index in [9.17, 15) is 4.79 Å². The average molecular weight is 387 g/mol. The third-order valence-corrected chi connectivity index (χ3v) is 5.13. The number of benzene rings is 3. The van der Waals surface area contributed by atoms with Gasteiger partial charge in [0.2, 0.25) is 0 Å². The maximum Gasteiger partial charge on any atom is 0.277 e.